The van der Waals surface area contributed by atoms with Gasteiger partial charge in [0.05, 0.1) is 0 Å². The maximum atomic E-state index is 10.5. The third-order valence-corrected chi connectivity index (χ3v) is 6.32. The molecular formula is C22H17Br3N2O. The van der Waals surface area contributed by atoms with E-state index in [4.69, 9.17) is 4.99 Å². The van der Waals surface area contributed by atoms with Crippen molar-refractivity contribution in [3.8, 4) is 5.75 Å². The van der Waals surface area contributed by atoms with Crippen molar-refractivity contribution >= 4 is 53.5 Å². The van der Waals surface area contributed by atoms with Crippen LogP contribution in [-0.4, -0.2) is 10.8 Å². The van der Waals surface area contributed by atoms with E-state index in [1.807, 2.05) is 36.4 Å². The number of halogens is 3. The van der Waals surface area contributed by atoms with Crippen molar-refractivity contribution in [2.45, 2.75) is 18.6 Å². The van der Waals surface area contributed by atoms with Crippen LogP contribution in [0.5, 0.6) is 5.75 Å². The van der Waals surface area contributed by atoms with Crippen LogP contribution in [0.3, 0.4) is 0 Å². The molecular weight excluding hydrogens is 548 g/mol. The van der Waals surface area contributed by atoms with Gasteiger partial charge in [0, 0.05) is 37.2 Å². The monoisotopic (exact) mass is 562 g/mol. The molecule has 0 saturated carbocycles. The number of hydrogen-bond acceptors (Lipinski definition) is 3. The zero-order chi connectivity index (χ0) is 19.7. The Bertz CT molecular complexity index is 1020. The first-order valence-corrected chi connectivity index (χ1v) is 11.2. The van der Waals surface area contributed by atoms with Gasteiger partial charge in [-0.25, -0.2) is 0 Å². The van der Waals surface area contributed by atoms with Crippen molar-refractivity contribution in [3.05, 3.63) is 96.8 Å². The molecule has 142 valence electrons. The molecule has 4 rings (SSSR count). The molecule has 0 radical (unpaired) electrons. The fourth-order valence-electron chi connectivity index (χ4n) is 3.34. The van der Waals surface area contributed by atoms with Gasteiger partial charge in [-0.15, -0.1) is 0 Å². The van der Waals surface area contributed by atoms with E-state index in [0.717, 1.165) is 35.8 Å². The zero-order valence-corrected chi connectivity index (χ0v) is 19.5. The summed E-state index contributed by atoms with van der Waals surface area (Å²) in [6.07, 6.45) is 0.502. The quantitative estimate of drug-likeness (QED) is 0.363. The van der Waals surface area contributed by atoms with Crippen LogP contribution < -0.4 is 5.32 Å². The van der Waals surface area contributed by atoms with Gasteiger partial charge in [-0.3, -0.25) is 10.3 Å². The molecule has 0 spiro atoms. The summed E-state index contributed by atoms with van der Waals surface area (Å²) in [7, 11) is 0. The summed E-state index contributed by atoms with van der Waals surface area (Å²) in [6.45, 7) is 0. The van der Waals surface area contributed by atoms with Gasteiger partial charge in [0.25, 0.3) is 0 Å². The van der Waals surface area contributed by atoms with Crippen LogP contribution >= 0.6 is 47.8 Å². The van der Waals surface area contributed by atoms with E-state index in [2.05, 4.69) is 77.4 Å². The Labute approximate surface area is 189 Å². The maximum absolute atomic E-state index is 10.5. The second-order valence-electron chi connectivity index (χ2n) is 6.66. The van der Waals surface area contributed by atoms with Crippen molar-refractivity contribution in [3.63, 3.8) is 0 Å². The Morgan fingerprint density at radius 1 is 0.821 bits per heavy atom. The molecule has 0 amide bonds. The van der Waals surface area contributed by atoms with Crippen LogP contribution in [0.4, 0.5) is 0 Å². The molecule has 0 aliphatic carbocycles. The molecule has 2 atom stereocenters. The van der Waals surface area contributed by atoms with E-state index in [9.17, 15) is 5.11 Å². The van der Waals surface area contributed by atoms with E-state index in [1.165, 1.54) is 0 Å². The van der Waals surface area contributed by atoms with Crippen LogP contribution in [0.2, 0.25) is 0 Å². The average molecular weight is 565 g/mol. The average Bonchev–Trinajstić information content (AvgIpc) is 2.70. The topological polar surface area (TPSA) is 44.6 Å². The number of rotatable bonds is 3. The predicted molar refractivity (Wildman–Crippen MR) is 124 cm³/mol. The first-order valence-electron chi connectivity index (χ1n) is 8.82. The molecule has 3 aromatic carbocycles. The molecule has 28 heavy (non-hydrogen) atoms. The van der Waals surface area contributed by atoms with Gasteiger partial charge in [-0.2, -0.15) is 0 Å². The fraction of sp³-hybridized carbons (Fsp3) is 0.136. The van der Waals surface area contributed by atoms with E-state index in [0.29, 0.717) is 6.42 Å². The van der Waals surface area contributed by atoms with Crippen LogP contribution in [0, 0.1) is 0 Å². The Hall–Kier alpha value is -1.47. The number of hydrogen-bond donors (Lipinski definition) is 2. The minimum atomic E-state index is -0.191. The lowest BCUT2D eigenvalue weighted by Crippen LogP contribution is -2.33. The summed E-state index contributed by atoms with van der Waals surface area (Å²) in [5.41, 5.74) is 4.05. The van der Waals surface area contributed by atoms with Gasteiger partial charge in [0.1, 0.15) is 11.9 Å². The minimum Gasteiger partial charge on any atom is -0.508 e. The van der Waals surface area contributed by atoms with E-state index < -0.39 is 0 Å². The first-order chi connectivity index (χ1) is 13.5. The highest BCUT2D eigenvalue weighted by Gasteiger charge is 2.27. The third-order valence-electron chi connectivity index (χ3n) is 4.77. The van der Waals surface area contributed by atoms with Crippen molar-refractivity contribution in [2.75, 3.05) is 0 Å². The summed E-state index contributed by atoms with van der Waals surface area (Å²) >= 11 is 10.5. The van der Waals surface area contributed by atoms with Gasteiger partial charge in [-0.1, -0.05) is 72.1 Å². The summed E-state index contributed by atoms with van der Waals surface area (Å²) < 4.78 is 3.01. The molecule has 3 nitrogen and oxygen atoms in total. The summed E-state index contributed by atoms with van der Waals surface area (Å²) in [5, 5.41) is 14.1. The second kappa shape index (κ2) is 8.49. The zero-order valence-electron chi connectivity index (χ0n) is 14.7. The summed E-state index contributed by atoms with van der Waals surface area (Å²) in [6, 6.07) is 21.9. The SMILES string of the molecule is Oc1ccc(Br)cc1[C@H]1CC(c2ccc(Br)cc2)=N[C@H](c2ccc(Br)cc2)N1. The molecule has 2 N–H and O–H groups in total. The Morgan fingerprint density at radius 2 is 1.43 bits per heavy atom. The number of benzene rings is 3. The van der Waals surface area contributed by atoms with Crippen LogP contribution in [-0.2, 0) is 0 Å². The van der Waals surface area contributed by atoms with Crippen molar-refractivity contribution in [1.82, 2.24) is 5.32 Å². The molecule has 0 unspecified atom stereocenters. The molecule has 0 saturated heterocycles. The smallest absolute Gasteiger partial charge is 0.126 e. The number of nitrogens with zero attached hydrogens (tertiary/aromatic N) is 1. The largest absolute Gasteiger partial charge is 0.508 e. The minimum absolute atomic E-state index is 0.0534. The van der Waals surface area contributed by atoms with Gasteiger partial charge in [0.15, 0.2) is 0 Å². The number of aliphatic imine (C=N–C) groups is 1. The number of aromatic hydroxyl groups is 1. The molecule has 1 aliphatic heterocycles. The van der Waals surface area contributed by atoms with Gasteiger partial charge >= 0.3 is 0 Å². The number of phenols is 1. The van der Waals surface area contributed by atoms with Crippen molar-refractivity contribution in [1.29, 1.82) is 0 Å². The van der Waals surface area contributed by atoms with Crippen LogP contribution in [0.15, 0.2) is 85.1 Å². The molecule has 3 aromatic rings. The molecule has 0 aromatic heterocycles. The maximum Gasteiger partial charge on any atom is 0.126 e. The molecule has 1 heterocycles. The van der Waals surface area contributed by atoms with E-state index in [-0.39, 0.29) is 18.0 Å². The normalized spacial score (nSPS) is 19.3. The highest BCUT2D eigenvalue weighted by molar-refractivity contribution is 9.11. The third kappa shape index (κ3) is 4.40. The van der Waals surface area contributed by atoms with Gasteiger partial charge < -0.3 is 5.11 Å². The van der Waals surface area contributed by atoms with Gasteiger partial charge in [-0.05, 0) is 53.6 Å². The predicted octanol–water partition coefficient (Wildman–Crippen LogP) is 6.90. The molecule has 0 bridgehead atoms. The molecule has 0 fully saturated rings. The lowest BCUT2D eigenvalue weighted by molar-refractivity contribution is 0.412. The van der Waals surface area contributed by atoms with Crippen molar-refractivity contribution in [2.24, 2.45) is 4.99 Å². The van der Waals surface area contributed by atoms with Gasteiger partial charge in [0.2, 0.25) is 0 Å². The highest BCUT2D eigenvalue weighted by Crippen LogP contribution is 2.36. The Balaban J connectivity index is 1.76. The lowest BCUT2D eigenvalue weighted by atomic mass is 9.93. The van der Waals surface area contributed by atoms with Crippen molar-refractivity contribution < 1.29 is 5.11 Å². The van der Waals surface area contributed by atoms with Crippen LogP contribution in [0.1, 0.15) is 35.3 Å². The van der Waals surface area contributed by atoms with Crippen LogP contribution in [0.25, 0.3) is 0 Å². The second-order valence-corrected chi connectivity index (χ2v) is 9.41. The van der Waals surface area contributed by atoms with E-state index in [1.54, 1.807) is 6.07 Å². The summed E-state index contributed by atoms with van der Waals surface area (Å²) in [5.74, 6) is 0.285. The Kier molecular flexibility index (Phi) is 6.01. The Morgan fingerprint density at radius 3 is 2.11 bits per heavy atom. The van der Waals surface area contributed by atoms with E-state index >= 15 is 0 Å². The molecule has 6 heteroatoms. The fourth-order valence-corrected chi connectivity index (χ4v) is 4.25. The highest BCUT2D eigenvalue weighted by atomic mass is 79.9. The lowest BCUT2D eigenvalue weighted by Gasteiger charge is -2.31. The first kappa shape index (κ1) is 19.8. The summed E-state index contributed by atoms with van der Waals surface area (Å²) in [4.78, 5) is 4.99. The number of phenolic OH excluding ortho intramolecular Hbond substituents is 1. The number of nitrogens with one attached hydrogen (secondary N) is 1. The standard InChI is InChI=1S/C22H17Br3N2O/c23-15-5-1-13(2-6-15)19-12-20(18-11-17(25)9-10-21(18)28)27-22(26-19)14-3-7-16(24)8-4-14/h1-11,20,22,27-28H,12H2/t20-,22+/m1/s1. The molecule has 1 aliphatic rings.